The normalized spacial score (nSPS) is 13.4. The number of nitrogens with zero attached hydrogens (tertiary/aromatic N) is 1. The molecule has 584 valence electrons. The van der Waals surface area contributed by atoms with E-state index in [1.807, 2.05) is 19.1 Å². The number of aromatic nitrogens is 1. The van der Waals surface area contributed by atoms with Gasteiger partial charge < -0.3 is 99.3 Å². The van der Waals surface area contributed by atoms with E-state index in [9.17, 15) is 67.4 Å². The van der Waals surface area contributed by atoms with Gasteiger partial charge >= 0.3 is 12.0 Å². The molecule has 0 spiro atoms. The van der Waals surface area contributed by atoms with Gasteiger partial charge in [0, 0.05) is 107 Å². The Hall–Kier alpha value is -9.61. The number of rotatable bonds is 54. The van der Waals surface area contributed by atoms with E-state index in [2.05, 4.69) is 81.4 Å². The third kappa shape index (κ3) is 38.9. The van der Waals surface area contributed by atoms with Crippen molar-refractivity contribution in [3.63, 3.8) is 0 Å². The molecule has 3 aromatic rings. The number of aryl methyl sites for hydroxylation is 1. The van der Waals surface area contributed by atoms with E-state index in [0.29, 0.717) is 62.0 Å². The van der Waals surface area contributed by atoms with Crippen LogP contribution < -0.4 is 75.3 Å². The lowest BCUT2D eigenvalue weighted by molar-refractivity contribution is -0.138. The highest BCUT2D eigenvalue weighted by atomic mass is 32.1. The number of ether oxygens (including phenoxy) is 4. The highest BCUT2D eigenvalue weighted by Crippen LogP contribution is 2.29. The summed E-state index contributed by atoms with van der Waals surface area (Å²) in [4.78, 5) is 170. The van der Waals surface area contributed by atoms with Gasteiger partial charge in [-0.1, -0.05) is 55.7 Å². The fourth-order valence-corrected chi connectivity index (χ4v) is 10.9. The minimum atomic E-state index is -1.37. The average molecular weight is 1500 g/mol. The molecule has 0 radical (unpaired) electrons. The molecule has 0 saturated heterocycles. The van der Waals surface area contributed by atoms with Crippen molar-refractivity contribution in [1.82, 2.24) is 58.2 Å². The van der Waals surface area contributed by atoms with Crippen LogP contribution >= 0.6 is 12.6 Å². The molecule has 13 amide bonds. The number of carboxylic acid groups (broad SMARTS) is 1. The van der Waals surface area contributed by atoms with E-state index >= 15 is 0 Å². The molecule has 1 aliphatic rings. The van der Waals surface area contributed by atoms with Crippen LogP contribution in [-0.4, -0.2) is 215 Å². The molecule has 1 aromatic heterocycles. The first-order valence-corrected chi connectivity index (χ1v) is 36.5. The summed E-state index contributed by atoms with van der Waals surface area (Å²) in [6.07, 6.45) is 9.99. The molecule has 0 unspecified atom stereocenters. The molecule has 2 aromatic carbocycles. The number of hydrogen-bond donors (Lipinski definition) is 16. The van der Waals surface area contributed by atoms with E-state index in [4.69, 9.17) is 30.4 Å². The van der Waals surface area contributed by atoms with Crippen molar-refractivity contribution in [1.29, 1.82) is 0 Å². The Balaban J connectivity index is 1.11. The lowest BCUT2D eigenvalue weighted by Crippen LogP contribution is -2.63. The molecule has 1 saturated carbocycles. The SMILES string of the molecule is Cc1ccccc1NC(=O)Nc1ccc(CC(=O)N[C@@H](CCCCNC(=O)/C=C/c2cccnc2)C(=O)N[C@@H](CCCC(=O)O)C(=O)NC2(C(=O)NCCOCCOCCNC(=O)CCC(=O)NCCOCCOCCNC(=O)CCC(=O)N[C@@H](CCCCNC(=O)[C@H](N)CS)C(N)=O)CCCCC2)cc1. The first-order chi connectivity index (χ1) is 51.1. The van der Waals surface area contributed by atoms with Crippen molar-refractivity contribution in [2.75, 3.05) is 109 Å². The second-order valence-corrected chi connectivity index (χ2v) is 25.5. The number of hydrogen-bond acceptors (Lipinski definition) is 20. The van der Waals surface area contributed by atoms with Crippen LogP contribution in [0.25, 0.3) is 6.08 Å². The Labute approximate surface area is 623 Å². The number of carboxylic acids is 1. The Bertz CT molecular complexity index is 3290. The summed E-state index contributed by atoms with van der Waals surface area (Å²) in [6, 6.07) is 12.8. The van der Waals surface area contributed by atoms with Gasteiger partial charge in [0.2, 0.25) is 65.0 Å². The van der Waals surface area contributed by atoms with E-state index in [1.54, 1.807) is 67.0 Å². The van der Waals surface area contributed by atoms with Crippen LogP contribution in [0.3, 0.4) is 0 Å². The number of carbonyl (C=O) groups excluding carboxylic acids is 12. The molecular formula is C72H107N15O18S. The van der Waals surface area contributed by atoms with Gasteiger partial charge in [0.15, 0.2) is 0 Å². The quantitative estimate of drug-likeness (QED) is 0.0215. The van der Waals surface area contributed by atoms with Crippen LogP contribution in [0, 0.1) is 6.92 Å². The van der Waals surface area contributed by atoms with Crippen molar-refractivity contribution in [3.05, 3.63) is 95.8 Å². The van der Waals surface area contributed by atoms with Crippen molar-refractivity contribution in [2.24, 2.45) is 11.5 Å². The van der Waals surface area contributed by atoms with Gasteiger partial charge in [0.25, 0.3) is 0 Å². The molecule has 33 nitrogen and oxygen atoms in total. The van der Waals surface area contributed by atoms with Crippen LogP contribution in [0.2, 0.25) is 0 Å². The molecule has 0 aliphatic heterocycles. The molecule has 17 N–H and O–H groups in total. The van der Waals surface area contributed by atoms with E-state index in [-0.39, 0.29) is 198 Å². The van der Waals surface area contributed by atoms with E-state index in [0.717, 1.165) is 17.5 Å². The number of anilines is 2. The van der Waals surface area contributed by atoms with Crippen molar-refractivity contribution < 1.29 is 86.4 Å². The fraction of sp³-hybridized carbons (Fsp3) is 0.556. The number of primary amides is 1. The number of aliphatic carboxylic acids is 1. The van der Waals surface area contributed by atoms with Gasteiger partial charge in [0.1, 0.15) is 23.7 Å². The van der Waals surface area contributed by atoms with Crippen LogP contribution in [0.4, 0.5) is 16.2 Å². The summed E-state index contributed by atoms with van der Waals surface area (Å²) in [6.45, 7) is 4.47. The number of nitrogens with one attached hydrogen (secondary N) is 12. The number of pyridine rings is 1. The molecule has 0 bridgehead atoms. The largest absolute Gasteiger partial charge is 0.481 e. The summed E-state index contributed by atoms with van der Waals surface area (Å²) >= 11 is 3.98. The zero-order valence-electron chi connectivity index (χ0n) is 60.4. The summed E-state index contributed by atoms with van der Waals surface area (Å²) in [5, 5.41) is 42.4. The number of benzene rings is 2. The average Bonchev–Trinajstić information content (AvgIpc) is 0.806. The number of thiol groups is 1. The van der Waals surface area contributed by atoms with Gasteiger partial charge in [-0.05, 0) is 118 Å². The van der Waals surface area contributed by atoms with E-state index < -0.39 is 77.1 Å². The van der Waals surface area contributed by atoms with Crippen LogP contribution in [0.5, 0.6) is 0 Å². The standard InChI is InChI=1S/C72H107N15O18S/c1-50-13-3-4-15-55(50)86-71(101)82-53-23-20-51(21-24-53)47-64(93)84-57(17-6-9-33-76-59(88)25-22-52-14-12-32-75-48-52)68(98)85-58(18-11-19-65(94)95)69(99)87-72(30-7-2-8-31-72)70(100)81-38-42-105-46-45-104-40-36-78-61(90)27-26-60(89)77-35-39-102-43-44-103-41-37-79-62(91)28-29-63(92)83-56(66(74)96)16-5-10-34-80-67(97)54(73)49-106/h3-4,12-15,20-25,32,48,54,56-58,106H,2,5-11,16-19,26-31,33-47,49,73H2,1H3,(H2,74,96)(H,76,88)(H,77,89)(H,78,90)(H,79,91)(H,80,97)(H,81,100)(H,83,92)(H,84,93)(H,85,98)(H,87,99)(H,94,95)(H2,82,86,101)/b25-22+/t54-,56+,57+,58+/m1/s1. The predicted octanol–water partition coefficient (Wildman–Crippen LogP) is 1.23. The second kappa shape index (κ2) is 52.4. The summed E-state index contributed by atoms with van der Waals surface area (Å²) in [5.74, 6) is -6.31. The summed E-state index contributed by atoms with van der Waals surface area (Å²) < 4.78 is 22.1. The van der Waals surface area contributed by atoms with Gasteiger partial charge in [-0.3, -0.25) is 62.5 Å². The zero-order valence-corrected chi connectivity index (χ0v) is 61.3. The minimum absolute atomic E-state index is 0.00701. The number of nitrogens with two attached hydrogens (primary N) is 2. The predicted molar refractivity (Wildman–Crippen MR) is 397 cm³/mol. The number of para-hydroxylation sites is 1. The van der Waals surface area contributed by atoms with Gasteiger partial charge in [-0.2, -0.15) is 12.6 Å². The maximum Gasteiger partial charge on any atom is 0.323 e. The maximum atomic E-state index is 14.4. The van der Waals surface area contributed by atoms with Crippen LogP contribution in [0.1, 0.15) is 132 Å². The van der Waals surface area contributed by atoms with Crippen molar-refractivity contribution in [2.45, 2.75) is 159 Å². The van der Waals surface area contributed by atoms with Crippen LogP contribution in [0.15, 0.2) is 79.1 Å². The highest BCUT2D eigenvalue weighted by molar-refractivity contribution is 7.80. The third-order valence-electron chi connectivity index (χ3n) is 16.5. The Kier molecular flexibility index (Phi) is 43.9. The molecule has 1 aliphatic carbocycles. The number of urea groups is 1. The van der Waals surface area contributed by atoms with Crippen LogP contribution in [-0.2, 0) is 82.9 Å². The molecule has 34 heteroatoms. The molecule has 4 atom stereocenters. The first-order valence-electron chi connectivity index (χ1n) is 35.9. The number of carbonyl (C=O) groups is 13. The maximum absolute atomic E-state index is 14.4. The summed E-state index contributed by atoms with van der Waals surface area (Å²) in [7, 11) is 0. The Morgan fingerprint density at radius 2 is 1.08 bits per heavy atom. The van der Waals surface area contributed by atoms with Gasteiger partial charge in [0.05, 0.1) is 65.3 Å². The lowest BCUT2D eigenvalue weighted by atomic mass is 9.80. The molecule has 1 fully saturated rings. The molecule has 4 rings (SSSR count). The number of amides is 13. The lowest BCUT2D eigenvalue weighted by Gasteiger charge is -2.38. The Morgan fingerprint density at radius 1 is 0.547 bits per heavy atom. The van der Waals surface area contributed by atoms with Crippen molar-refractivity contribution in [3.8, 4) is 0 Å². The smallest absolute Gasteiger partial charge is 0.323 e. The zero-order chi connectivity index (χ0) is 77.2. The topological polar surface area (TPSA) is 488 Å². The third-order valence-corrected chi connectivity index (χ3v) is 16.9. The minimum Gasteiger partial charge on any atom is -0.481 e. The second-order valence-electron chi connectivity index (χ2n) is 25.1. The monoisotopic (exact) mass is 1500 g/mol. The molecule has 1 heterocycles. The first kappa shape index (κ1) is 88.8. The summed E-state index contributed by atoms with van der Waals surface area (Å²) in [5.41, 5.74) is 13.0. The Morgan fingerprint density at radius 3 is 1.64 bits per heavy atom. The van der Waals surface area contributed by atoms with Gasteiger partial charge in [-0.15, -0.1) is 0 Å². The fourth-order valence-electron chi connectivity index (χ4n) is 10.7. The van der Waals surface area contributed by atoms with Gasteiger partial charge in [-0.25, -0.2) is 4.79 Å². The number of unbranched alkanes of at least 4 members (excludes halogenated alkanes) is 2. The molecular weight excluding hydrogens is 1390 g/mol. The van der Waals surface area contributed by atoms with Crippen molar-refractivity contribution >= 4 is 107 Å². The van der Waals surface area contributed by atoms with E-state index in [1.165, 1.54) is 6.08 Å². The highest BCUT2D eigenvalue weighted by Gasteiger charge is 2.42. The molecule has 106 heavy (non-hydrogen) atoms.